The molecule has 1 aliphatic heterocycles. The van der Waals surface area contributed by atoms with Gasteiger partial charge in [-0.25, -0.2) is 0 Å². The third-order valence-corrected chi connectivity index (χ3v) is 5.51. The number of hydrogen-bond acceptors (Lipinski definition) is 4. The molecule has 0 fully saturated rings. The van der Waals surface area contributed by atoms with E-state index in [1.54, 1.807) is 0 Å². The summed E-state index contributed by atoms with van der Waals surface area (Å²) in [6.45, 7) is 9.03. The molecule has 26 heavy (non-hydrogen) atoms. The number of hydrogen-bond donors (Lipinski definition) is 2. The van der Waals surface area contributed by atoms with Crippen molar-refractivity contribution in [1.82, 2.24) is 4.90 Å². The topological polar surface area (TPSA) is 62.9 Å². The Morgan fingerprint density at radius 3 is 2.77 bits per heavy atom. The monoisotopic (exact) mass is 372 g/mol. The normalized spacial score (nSPS) is 16.4. The van der Waals surface area contributed by atoms with Gasteiger partial charge in [0, 0.05) is 29.7 Å². The molecular weight excluding hydrogens is 344 g/mol. The summed E-state index contributed by atoms with van der Waals surface area (Å²) in [4.78, 5) is 8.53. The number of aliphatic imine (C=N–C) groups is 1. The first-order chi connectivity index (χ1) is 12.5. The second kappa shape index (κ2) is 8.56. The van der Waals surface area contributed by atoms with Gasteiger partial charge in [-0.15, -0.1) is 11.3 Å². The first kappa shape index (κ1) is 18.7. The van der Waals surface area contributed by atoms with Gasteiger partial charge in [0.1, 0.15) is 5.75 Å². The third kappa shape index (κ3) is 4.99. The van der Waals surface area contributed by atoms with Crippen molar-refractivity contribution in [3.63, 3.8) is 0 Å². The van der Waals surface area contributed by atoms with Gasteiger partial charge in [-0.1, -0.05) is 0 Å². The van der Waals surface area contributed by atoms with Crippen LogP contribution in [0.3, 0.4) is 0 Å². The summed E-state index contributed by atoms with van der Waals surface area (Å²) in [6.07, 6.45) is 1.31. The van der Waals surface area contributed by atoms with Gasteiger partial charge >= 0.3 is 0 Å². The predicted molar refractivity (Wildman–Crippen MR) is 110 cm³/mol. The molecule has 0 bridgehead atoms. The van der Waals surface area contributed by atoms with E-state index in [9.17, 15) is 0 Å². The summed E-state index contributed by atoms with van der Waals surface area (Å²) in [7, 11) is 0. The van der Waals surface area contributed by atoms with Crippen LogP contribution in [0, 0.1) is 0 Å². The van der Waals surface area contributed by atoms with E-state index in [2.05, 4.69) is 33.6 Å². The Balaban J connectivity index is 1.50. The van der Waals surface area contributed by atoms with E-state index >= 15 is 0 Å². The maximum atomic E-state index is 6.05. The SMILES string of the molecule is CC(C)Oc1ccc(NC(N)=NCC(C)N2CCc3sccc3C2)cc1. The molecule has 1 unspecified atom stereocenters. The number of guanidine groups is 1. The van der Waals surface area contributed by atoms with Crippen LogP contribution in [-0.2, 0) is 13.0 Å². The van der Waals surface area contributed by atoms with Gasteiger partial charge in [0.25, 0.3) is 0 Å². The number of ether oxygens (including phenoxy) is 1. The van der Waals surface area contributed by atoms with Crippen LogP contribution >= 0.6 is 11.3 Å². The van der Waals surface area contributed by atoms with Gasteiger partial charge in [0.2, 0.25) is 0 Å². The van der Waals surface area contributed by atoms with E-state index < -0.39 is 0 Å². The fraction of sp³-hybridized carbons (Fsp3) is 0.450. The molecule has 0 amide bonds. The number of anilines is 1. The van der Waals surface area contributed by atoms with E-state index in [1.807, 2.05) is 49.4 Å². The molecule has 0 spiro atoms. The quantitative estimate of drug-likeness (QED) is 0.599. The van der Waals surface area contributed by atoms with E-state index in [4.69, 9.17) is 10.5 Å². The molecule has 6 heteroatoms. The summed E-state index contributed by atoms with van der Waals surface area (Å²) >= 11 is 1.87. The number of nitrogens with zero attached hydrogens (tertiary/aromatic N) is 2. The Hall–Kier alpha value is -2.05. The summed E-state index contributed by atoms with van der Waals surface area (Å²) < 4.78 is 5.65. The van der Waals surface area contributed by atoms with Crippen molar-refractivity contribution in [3.8, 4) is 5.75 Å². The van der Waals surface area contributed by atoms with Gasteiger partial charge in [0.15, 0.2) is 5.96 Å². The first-order valence-electron chi connectivity index (χ1n) is 9.14. The Kier molecular flexibility index (Phi) is 6.16. The maximum Gasteiger partial charge on any atom is 0.193 e. The lowest BCUT2D eigenvalue weighted by molar-refractivity contribution is 0.197. The standard InChI is InChI=1S/C20H28N4OS/c1-14(2)25-18-6-4-17(5-7-18)23-20(21)22-12-15(3)24-10-8-19-16(13-24)9-11-26-19/h4-7,9,11,14-15H,8,10,12-13H2,1-3H3,(H3,21,22,23). The minimum Gasteiger partial charge on any atom is -0.491 e. The van der Waals surface area contributed by atoms with E-state index in [0.29, 0.717) is 18.5 Å². The fourth-order valence-electron chi connectivity index (χ4n) is 3.07. The second-order valence-corrected chi connectivity index (χ2v) is 7.98. The van der Waals surface area contributed by atoms with Crippen LogP contribution in [-0.4, -0.2) is 36.1 Å². The average molecular weight is 373 g/mol. The third-order valence-electron chi connectivity index (χ3n) is 4.48. The number of benzene rings is 1. The average Bonchev–Trinajstić information content (AvgIpc) is 3.08. The molecule has 3 rings (SSSR count). The molecule has 0 saturated carbocycles. The number of nitrogens with one attached hydrogen (secondary N) is 1. The van der Waals surface area contributed by atoms with Crippen LogP contribution in [0.15, 0.2) is 40.7 Å². The molecule has 1 aromatic carbocycles. The van der Waals surface area contributed by atoms with Crippen LogP contribution in [0.5, 0.6) is 5.75 Å². The Morgan fingerprint density at radius 2 is 2.04 bits per heavy atom. The van der Waals surface area contributed by atoms with Crippen LogP contribution in [0.25, 0.3) is 0 Å². The highest BCUT2D eigenvalue weighted by molar-refractivity contribution is 7.10. The second-order valence-electron chi connectivity index (χ2n) is 6.98. The Bertz CT molecular complexity index is 739. The molecule has 1 aliphatic rings. The minimum atomic E-state index is 0.168. The lowest BCUT2D eigenvalue weighted by atomic mass is 10.1. The molecule has 0 aliphatic carbocycles. The highest BCUT2D eigenvalue weighted by atomic mass is 32.1. The number of nitrogens with two attached hydrogens (primary N) is 1. The number of thiophene rings is 1. The smallest absolute Gasteiger partial charge is 0.193 e. The zero-order chi connectivity index (χ0) is 18.5. The van der Waals surface area contributed by atoms with E-state index in [1.165, 1.54) is 10.4 Å². The summed E-state index contributed by atoms with van der Waals surface area (Å²) in [5.41, 5.74) is 8.43. The fourth-order valence-corrected chi connectivity index (χ4v) is 3.96. The molecule has 3 N–H and O–H groups in total. The summed E-state index contributed by atoms with van der Waals surface area (Å²) in [6, 6.07) is 10.4. The molecule has 2 heterocycles. The van der Waals surface area contributed by atoms with Gasteiger partial charge in [-0.2, -0.15) is 0 Å². The highest BCUT2D eigenvalue weighted by Crippen LogP contribution is 2.25. The van der Waals surface area contributed by atoms with Crippen molar-refractivity contribution in [2.24, 2.45) is 10.7 Å². The van der Waals surface area contributed by atoms with Gasteiger partial charge in [-0.05, 0) is 68.5 Å². The van der Waals surface area contributed by atoms with E-state index in [0.717, 1.165) is 30.9 Å². The lowest BCUT2D eigenvalue weighted by Crippen LogP contribution is -2.39. The number of fused-ring (bicyclic) bond motifs is 1. The summed E-state index contributed by atoms with van der Waals surface area (Å²) in [5.74, 6) is 1.30. The molecule has 1 atom stereocenters. The van der Waals surface area contributed by atoms with Crippen molar-refractivity contribution in [1.29, 1.82) is 0 Å². The van der Waals surface area contributed by atoms with Crippen molar-refractivity contribution >= 4 is 23.0 Å². The number of rotatable bonds is 6. The molecule has 140 valence electrons. The van der Waals surface area contributed by atoms with Gasteiger partial charge in [0.05, 0.1) is 12.6 Å². The minimum absolute atomic E-state index is 0.168. The molecule has 2 aromatic rings. The van der Waals surface area contributed by atoms with Gasteiger partial charge in [-0.3, -0.25) is 9.89 Å². The van der Waals surface area contributed by atoms with Gasteiger partial charge < -0.3 is 15.8 Å². The Labute approximate surface area is 159 Å². The zero-order valence-electron chi connectivity index (χ0n) is 15.7. The Morgan fingerprint density at radius 1 is 1.27 bits per heavy atom. The molecule has 0 saturated heterocycles. The van der Waals surface area contributed by atoms with Crippen molar-refractivity contribution < 1.29 is 4.74 Å². The highest BCUT2D eigenvalue weighted by Gasteiger charge is 2.21. The van der Waals surface area contributed by atoms with Crippen molar-refractivity contribution in [2.75, 3.05) is 18.4 Å². The van der Waals surface area contributed by atoms with Crippen LogP contribution < -0.4 is 15.8 Å². The first-order valence-corrected chi connectivity index (χ1v) is 10.0. The summed E-state index contributed by atoms with van der Waals surface area (Å²) in [5, 5.41) is 5.34. The van der Waals surface area contributed by atoms with E-state index in [-0.39, 0.29) is 6.10 Å². The molecule has 1 aromatic heterocycles. The van der Waals surface area contributed by atoms with Crippen LogP contribution in [0.1, 0.15) is 31.2 Å². The van der Waals surface area contributed by atoms with Crippen LogP contribution in [0.2, 0.25) is 0 Å². The molecule has 0 radical (unpaired) electrons. The molecule has 5 nitrogen and oxygen atoms in total. The predicted octanol–water partition coefficient (Wildman–Crippen LogP) is 3.71. The molecular formula is C20H28N4OS. The largest absolute Gasteiger partial charge is 0.491 e. The van der Waals surface area contributed by atoms with Crippen molar-refractivity contribution in [2.45, 2.75) is 45.9 Å². The maximum absolute atomic E-state index is 6.05. The van der Waals surface area contributed by atoms with Crippen LogP contribution in [0.4, 0.5) is 5.69 Å². The zero-order valence-corrected chi connectivity index (χ0v) is 16.6. The lowest BCUT2D eigenvalue weighted by Gasteiger charge is -2.31. The van der Waals surface area contributed by atoms with Crippen molar-refractivity contribution in [3.05, 3.63) is 46.2 Å².